The molecule has 0 aliphatic carbocycles. The number of anilines is 2. The van der Waals surface area contributed by atoms with Crippen molar-refractivity contribution in [3.05, 3.63) is 214 Å². The van der Waals surface area contributed by atoms with Gasteiger partial charge in [0.05, 0.1) is 48.7 Å². The van der Waals surface area contributed by atoms with Crippen LogP contribution in [0.5, 0.6) is 34.5 Å². The number of nitrogens with two attached hydrogens (primary N) is 1. The minimum Gasteiger partial charge on any atom is -0.497 e. The maximum absolute atomic E-state index is 15.0. The first kappa shape index (κ1) is 57.0. The lowest BCUT2D eigenvalue weighted by Gasteiger charge is -2.34. The Morgan fingerprint density at radius 1 is 0.588 bits per heavy atom. The summed E-state index contributed by atoms with van der Waals surface area (Å²) in [5, 5.41) is 3.39. The molecule has 2 atom stereocenters. The van der Waals surface area contributed by atoms with Crippen molar-refractivity contribution in [1.82, 2.24) is 38.5 Å². The fourth-order valence-electron chi connectivity index (χ4n) is 11.1. The Hall–Kier alpha value is -9.81. The lowest BCUT2D eigenvalue weighted by molar-refractivity contribution is 0.0172. The molecule has 18 nitrogen and oxygen atoms in total. The third-order valence-electron chi connectivity index (χ3n) is 15.1. The summed E-state index contributed by atoms with van der Waals surface area (Å²) in [6, 6.07) is 53.6. The van der Waals surface area contributed by atoms with Gasteiger partial charge in [0.1, 0.15) is 56.9 Å². The average molecular weight is 1140 g/mol. The SMILES string of the molecule is COc1ccc(CN(Cc2ccc(OC)cc2)c2nccc3c2n(-c2ccc(Oc4ccccc4)cc2)c(=O)n3[C@@H]2CCCN(C(=O)OC(C)(C)C)C2)cc1.Nc1nccc2c1n(-c1ccc(Oc3ccccc3)cc1)c(=O)n2[C@@H]1CCCNC1. The van der Waals surface area contributed by atoms with E-state index in [0.29, 0.717) is 66.0 Å². The van der Waals surface area contributed by atoms with Gasteiger partial charge in [0.2, 0.25) is 0 Å². The average Bonchev–Trinajstić information content (AvgIpc) is 3.98. The molecule has 2 aliphatic heterocycles. The number of likely N-dealkylation sites (tertiary alicyclic amines) is 1. The first-order chi connectivity index (χ1) is 41.3. The maximum Gasteiger partial charge on any atom is 0.410 e. The summed E-state index contributed by atoms with van der Waals surface area (Å²) in [5.41, 5.74) is 11.6. The number of pyridine rings is 2. The highest BCUT2D eigenvalue weighted by Crippen LogP contribution is 2.35. The number of methoxy groups -OCH3 is 2. The molecule has 0 spiro atoms. The number of carbonyl (C=O) groups is 1. The van der Waals surface area contributed by atoms with Crippen LogP contribution < -0.4 is 46.3 Å². The third-order valence-corrected chi connectivity index (χ3v) is 15.1. The zero-order valence-electron chi connectivity index (χ0n) is 48.5. The molecule has 3 N–H and O–H groups in total. The highest BCUT2D eigenvalue weighted by atomic mass is 16.6. The summed E-state index contributed by atoms with van der Waals surface area (Å²) in [6.45, 7) is 9.24. The van der Waals surface area contributed by atoms with E-state index in [0.717, 1.165) is 89.6 Å². The molecule has 12 rings (SSSR count). The Bertz CT molecular complexity index is 3950. The summed E-state index contributed by atoms with van der Waals surface area (Å²) in [4.78, 5) is 54.9. The van der Waals surface area contributed by atoms with Crippen molar-refractivity contribution in [2.45, 2.75) is 77.2 Å². The molecule has 85 heavy (non-hydrogen) atoms. The predicted molar refractivity (Wildman–Crippen MR) is 331 cm³/mol. The number of hydrogen-bond donors (Lipinski definition) is 2. The first-order valence-corrected chi connectivity index (χ1v) is 28.7. The molecule has 6 heterocycles. The van der Waals surface area contributed by atoms with Crippen molar-refractivity contribution in [3.63, 3.8) is 0 Å². The second-order valence-electron chi connectivity index (χ2n) is 22.1. The number of aromatic nitrogens is 6. The smallest absolute Gasteiger partial charge is 0.410 e. The molecule has 4 aromatic heterocycles. The van der Waals surface area contributed by atoms with E-state index >= 15 is 0 Å². The number of piperidine rings is 2. The normalized spacial score (nSPS) is 15.2. The molecule has 0 radical (unpaired) electrons. The minimum atomic E-state index is -0.634. The molecule has 10 aromatic rings. The van der Waals surface area contributed by atoms with Crippen LogP contribution in [0.15, 0.2) is 192 Å². The van der Waals surface area contributed by atoms with E-state index in [1.807, 2.05) is 200 Å². The number of hydrogen-bond acceptors (Lipinski definition) is 13. The number of nitrogens with one attached hydrogen (secondary N) is 1. The number of rotatable bonds is 15. The number of benzene rings is 6. The highest BCUT2D eigenvalue weighted by Gasteiger charge is 2.33. The monoisotopic (exact) mass is 1140 g/mol. The van der Waals surface area contributed by atoms with Gasteiger partial charge in [0.15, 0.2) is 5.82 Å². The van der Waals surface area contributed by atoms with Gasteiger partial charge in [-0.05, 0) is 173 Å². The summed E-state index contributed by atoms with van der Waals surface area (Å²) in [6.07, 6.45) is 6.49. The molecule has 0 bridgehead atoms. The number of carbonyl (C=O) groups excluding carboxylic acids is 1. The minimum absolute atomic E-state index is 0.0949. The zero-order valence-corrected chi connectivity index (χ0v) is 48.5. The number of nitrogens with zero attached hydrogens (tertiary/aromatic N) is 8. The van der Waals surface area contributed by atoms with Gasteiger partial charge in [0, 0.05) is 45.1 Å². The van der Waals surface area contributed by atoms with E-state index in [4.69, 9.17) is 34.4 Å². The second-order valence-corrected chi connectivity index (χ2v) is 22.1. The molecule has 0 saturated carbocycles. The summed E-state index contributed by atoms with van der Waals surface area (Å²) >= 11 is 0. The highest BCUT2D eigenvalue weighted by molar-refractivity contribution is 5.89. The number of imidazole rings is 2. The van der Waals surface area contributed by atoms with Gasteiger partial charge in [-0.15, -0.1) is 0 Å². The van der Waals surface area contributed by atoms with Crippen LogP contribution in [-0.4, -0.2) is 85.2 Å². The van der Waals surface area contributed by atoms with E-state index < -0.39 is 5.60 Å². The van der Waals surface area contributed by atoms with Crippen LogP contribution in [0, 0.1) is 0 Å². The molecule has 0 unspecified atom stereocenters. The van der Waals surface area contributed by atoms with Crippen molar-refractivity contribution in [2.24, 2.45) is 0 Å². The van der Waals surface area contributed by atoms with Gasteiger partial charge in [-0.1, -0.05) is 60.7 Å². The molecule has 2 fully saturated rings. The number of nitrogen functional groups attached to an aromatic ring is 1. The Balaban J connectivity index is 0.000000210. The van der Waals surface area contributed by atoms with Crippen molar-refractivity contribution >= 4 is 39.8 Å². The molecular weight excluding hydrogens is 1070 g/mol. The topological polar surface area (TPSA) is 187 Å². The maximum atomic E-state index is 15.0. The van der Waals surface area contributed by atoms with Crippen LogP contribution in [0.4, 0.5) is 16.4 Å². The molecule has 1 amide bonds. The summed E-state index contributed by atoms with van der Waals surface area (Å²) in [5.74, 6) is 5.34. The number of amides is 1. The van der Waals surface area contributed by atoms with E-state index in [9.17, 15) is 14.4 Å². The Labute approximate surface area is 493 Å². The van der Waals surface area contributed by atoms with Gasteiger partial charge in [0.25, 0.3) is 0 Å². The standard InChI is InChI=1S/C44H47N5O6.C23H23N5O2/c1-44(2,3)55-43(51)46-27-9-10-34(30-46)48-39-25-26-45-41(40(39)49(42(48)50)33-17-23-38(24-18-33)54-37-11-7-6-8-12-37)47(28-31-13-19-35(52-4)20-14-31)29-32-15-21-36(53-5)22-16-32;24-22-21-20(12-14-26-22)27(17-5-4-13-25-15-17)23(29)28(21)16-8-10-19(11-9-16)30-18-6-2-1-3-7-18/h6-8,11-26,34H,9-10,27-30H2,1-5H3;1-3,6-12,14,17,25H,4-5,13,15H2,(H2,24,26)/t34-;17-/m11/s1. The predicted octanol–water partition coefficient (Wildman–Crippen LogP) is 12.3. The molecule has 2 aliphatic rings. The Morgan fingerprint density at radius 2 is 1.06 bits per heavy atom. The fraction of sp³-hybridized carbons (Fsp3) is 0.269. The van der Waals surface area contributed by atoms with Crippen LogP contribution in [0.25, 0.3) is 33.4 Å². The Morgan fingerprint density at radius 3 is 1.56 bits per heavy atom. The first-order valence-electron chi connectivity index (χ1n) is 28.7. The third kappa shape index (κ3) is 12.9. The Kier molecular flexibility index (Phi) is 17.0. The summed E-state index contributed by atoms with van der Waals surface area (Å²) in [7, 11) is 3.30. The van der Waals surface area contributed by atoms with Crippen LogP contribution in [0.1, 0.15) is 69.7 Å². The van der Waals surface area contributed by atoms with Gasteiger partial charge in [-0.25, -0.2) is 24.4 Å². The van der Waals surface area contributed by atoms with E-state index in [1.54, 1.807) is 40.6 Å². The van der Waals surface area contributed by atoms with Crippen LogP contribution in [0.2, 0.25) is 0 Å². The molecular formula is C67H70N10O8. The number of fused-ring (bicyclic) bond motifs is 2. The molecule has 6 aromatic carbocycles. The molecule has 436 valence electrons. The fourth-order valence-corrected chi connectivity index (χ4v) is 11.1. The van der Waals surface area contributed by atoms with Crippen LogP contribution in [0.3, 0.4) is 0 Å². The van der Waals surface area contributed by atoms with Crippen molar-refractivity contribution in [3.8, 4) is 45.9 Å². The largest absolute Gasteiger partial charge is 0.497 e. The van der Waals surface area contributed by atoms with Gasteiger partial charge < -0.3 is 44.5 Å². The number of ether oxygens (including phenoxy) is 5. The molecule has 2 saturated heterocycles. The zero-order chi connectivity index (χ0) is 59.0. The van der Waals surface area contributed by atoms with Crippen LogP contribution >= 0.6 is 0 Å². The lowest BCUT2D eigenvalue weighted by atomic mass is 10.1. The van der Waals surface area contributed by atoms with Crippen molar-refractivity contribution < 1.29 is 28.5 Å². The van der Waals surface area contributed by atoms with E-state index in [-0.39, 0.29) is 29.6 Å². The van der Waals surface area contributed by atoms with E-state index in [2.05, 4.69) is 15.2 Å². The lowest BCUT2D eigenvalue weighted by Crippen LogP contribution is -2.45. The summed E-state index contributed by atoms with van der Waals surface area (Å²) < 4.78 is 35.7. The second kappa shape index (κ2) is 25.4. The van der Waals surface area contributed by atoms with Crippen molar-refractivity contribution in [2.75, 3.05) is 51.0 Å². The van der Waals surface area contributed by atoms with Crippen LogP contribution in [-0.2, 0) is 17.8 Å². The van der Waals surface area contributed by atoms with Gasteiger partial charge in [-0.3, -0.25) is 18.3 Å². The molecule has 18 heteroatoms. The quantitative estimate of drug-likeness (QED) is 0.0988. The van der Waals surface area contributed by atoms with Crippen molar-refractivity contribution in [1.29, 1.82) is 0 Å². The number of para-hydroxylation sites is 2. The van der Waals surface area contributed by atoms with Gasteiger partial charge >= 0.3 is 17.5 Å². The van der Waals surface area contributed by atoms with E-state index in [1.165, 1.54) is 0 Å². The van der Waals surface area contributed by atoms with Gasteiger partial charge in [-0.2, -0.15) is 0 Å².